The summed E-state index contributed by atoms with van der Waals surface area (Å²) in [5.41, 5.74) is 0. The van der Waals surface area contributed by atoms with Crippen LogP contribution in [0.4, 0.5) is 0 Å². The molecule has 0 atom stereocenters. The summed E-state index contributed by atoms with van der Waals surface area (Å²) in [6, 6.07) is 0. The molecule has 0 aromatic carbocycles. The van der Waals surface area contributed by atoms with Gasteiger partial charge in [0.25, 0.3) is 11.7 Å². The minimum Gasteiger partial charge on any atom is -0.390 e. The number of morpholine rings is 1. The molecule has 0 unspecified atom stereocenters. The van der Waals surface area contributed by atoms with Crippen molar-refractivity contribution >= 4 is 5.91 Å². The number of hydrogen-bond acceptors (Lipinski definition) is 6. The van der Waals surface area contributed by atoms with Crippen molar-refractivity contribution in [3.05, 3.63) is 0 Å². The summed E-state index contributed by atoms with van der Waals surface area (Å²) in [5.74, 6) is -1.98. The molecule has 0 aliphatic carbocycles. The van der Waals surface area contributed by atoms with Gasteiger partial charge in [-0.25, -0.2) is 0 Å². The van der Waals surface area contributed by atoms with Crippen molar-refractivity contribution in [2.24, 2.45) is 0 Å². The van der Waals surface area contributed by atoms with Gasteiger partial charge in [-0.15, -0.1) is 0 Å². The van der Waals surface area contributed by atoms with Crippen molar-refractivity contribution in [1.82, 2.24) is 9.80 Å². The van der Waals surface area contributed by atoms with Crippen LogP contribution in [0.15, 0.2) is 0 Å². The highest BCUT2D eigenvalue weighted by Crippen LogP contribution is 2.13. The number of hydrogen-bond donors (Lipinski definition) is 1. The van der Waals surface area contributed by atoms with Crippen molar-refractivity contribution in [2.45, 2.75) is 5.79 Å². The maximum atomic E-state index is 12.2. The molecule has 1 fully saturated rings. The number of methoxy groups -OCH3 is 2. The van der Waals surface area contributed by atoms with E-state index in [1.807, 2.05) is 0 Å². The second kappa shape index (κ2) is 7.76. The Morgan fingerprint density at radius 3 is 2.42 bits per heavy atom. The number of carbonyl (C=O) groups excluding carboxylic acids is 1. The predicted molar refractivity (Wildman–Crippen MR) is 68.7 cm³/mol. The molecular weight excluding hydrogens is 252 g/mol. The van der Waals surface area contributed by atoms with Crippen molar-refractivity contribution in [3.63, 3.8) is 0 Å². The van der Waals surface area contributed by atoms with Gasteiger partial charge in [-0.05, 0) is 0 Å². The van der Waals surface area contributed by atoms with Gasteiger partial charge in [-0.3, -0.25) is 9.69 Å². The first-order valence-electron chi connectivity index (χ1n) is 6.36. The lowest BCUT2D eigenvalue weighted by atomic mass is 10.2. The molecule has 1 saturated heterocycles. The van der Waals surface area contributed by atoms with Crippen LogP contribution >= 0.6 is 0 Å². The average molecular weight is 276 g/mol. The Kier molecular flexibility index (Phi) is 6.67. The largest absolute Gasteiger partial charge is 0.390 e. The fourth-order valence-electron chi connectivity index (χ4n) is 1.96. The molecule has 1 rings (SSSR count). The molecule has 0 spiro atoms. The number of aliphatic hydroxyl groups is 1. The quantitative estimate of drug-likeness (QED) is 0.586. The van der Waals surface area contributed by atoms with Crippen LogP contribution in [0, 0.1) is 0 Å². The summed E-state index contributed by atoms with van der Waals surface area (Å²) in [6.07, 6.45) is 0. The molecule has 7 nitrogen and oxygen atoms in total. The van der Waals surface area contributed by atoms with Crippen LogP contribution < -0.4 is 0 Å². The molecule has 1 N–H and O–H groups in total. The number of aliphatic hydroxyl groups excluding tert-OH is 1. The van der Waals surface area contributed by atoms with E-state index in [9.17, 15) is 9.90 Å². The minimum absolute atomic E-state index is 0.381. The van der Waals surface area contributed by atoms with Crippen LogP contribution in [0.1, 0.15) is 0 Å². The average Bonchev–Trinajstić information content (AvgIpc) is 2.48. The van der Waals surface area contributed by atoms with Gasteiger partial charge in [0.15, 0.2) is 0 Å². The third-order valence-electron chi connectivity index (χ3n) is 3.40. The molecule has 0 saturated carbocycles. The lowest BCUT2D eigenvalue weighted by Gasteiger charge is -2.33. The number of ether oxygens (including phenoxy) is 3. The van der Waals surface area contributed by atoms with Gasteiger partial charge in [0, 0.05) is 47.4 Å². The Bertz CT molecular complexity index is 269. The predicted octanol–water partition coefficient (Wildman–Crippen LogP) is -1.24. The summed E-state index contributed by atoms with van der Waals surface area (Å²) in [4.78, 5) is 15.9. The first-order valence-corrected chi connectivity index (χ1v) is 6.36. The highest BCUT2D eigenvalue weighted by atomic mass is 16.7. The van der Waals surface area contributed by atoms with E-state index in [2.05, 4.69) is 4.90 Å². The Morgan fingerprint density at radius 1 is 1.37 bits per heavy atom. The van der Waals surface area contributed by atoms with Crippen LogP contribution in [-0.2, 0) is 19.0 Å². The number of likely N-dealkylation sites (N-methyl/N-ethyl adjacent to an activating group) is 1. The molecule has 0 aromatic rings. The van der Waals surface area contributed by atoms with E-state index in [1.54, 1.807) is 7.05 Å². The fraction of sp³-hybridized carbons (Fsp3) is 0.917. The second-order valence-corrected chi connectivity index (χ2v) is 4.50. The van der Waals surface area contributed by atoms with Crippen molar-refractivity contribution in [2.75, 3.05) is 67.3 Å². The molecule has 7 heteroatoms. The zero-order valence-corrected chi connectivity index (χ0v) is 11.9. The van der Waals surface area contributed by atoms with E-state index in [-0.39, 0.29) is 5.91 Å². The summed E-state index contributed by atoms with van der Waals surface area (Å²) in [6.45, 7) is 4.01. The van der Waals surface area contributed by atoms with Crippen molar-refractivity contribution in [1.29, 1.82) is 0 Å². The SMILES string of the molecule is COC(CO)(OC)C(=O)N(C)CCN1CCOCC1. The van der Waals surface area contributed by atoms with Gasteiger partial charge in [0.1, 0.15) is 6.61 Å². The highest BCUT2D eigenvalue weighted by molar-refractivity contribution is 5.83. The minimum atomic E-state index is -1.60. The Morgan fingerprint density at radius 2 is 1.95 bits per heavy atom. The first kappa shape index (κ1) is 16.3. The lowest BCUT2D eigenvalue weighted by Crippen LogP contribution is -2.54. The summed E-state index contributed by atoms with van der Waals surface area (Å²) >= 11 is 0. The monoisotopic (exact) mass is 276 g/mol. The highest BCUT2D eigenvalue weighted by Gasteiger charge is 2.40. The Labute approximate surface area is 114 Å². The molecule has 1 aliphatic heterocycles. The molecular formula is C12H24N2O5. The van der Waals surface area contributed by atoms with E-state index in [4.69, 9.17) is 14.2 Å². The van der Waals surface area contributed by atoms with Crippen LogP contribution in [0.25, 0.3) is 0 Å². The standard InChI is InChI=1S/C12H24N2O5/c1-13(4-5-14-6-8-19-9-7-14)11(16)12(10-15,17-2)18-3/h15H,4-10H2,1-3H3. The molecule has 19 heavy (non-hydrogen) atoms. The third kappa shape index (κ3) is 4.12. The second-order valence-electron chi connectivity index (χ2n) is 4.50. The Hall–Kier alpha value is -0.730. The van der Waals surface area contributed by atoms with Gasteiger partial charge >= 0.3 is 0 Å². The lowest BCUT2D eigenvalue weighted by molar-refractivity contribution is -0.230. The smallest absolute Gasteiger partial charge is 0.285 e. The zero-order valence-electron chi connectivity index (χ0n) is 11.9. The van der Waals surface area contributed by atoms with Gasteiger partial charge in [0.2, 0.25) is 0 Å². The van der Waals surface area contributed by atoms with Crippen LogP contribution in [0.3, 0.4) is 0 Å². The van der Waals surface area contributed by atoms with E-state index < -0.39 is 12.4 Å². The molecule has 0 bridgehead atoms. The van der Waals surface area contributed by atoms with Gasteiger partial charge in [-0.2, -0.15) is 0 Å². The molecule has 1 heterocycles. The number of carbonyl (C=O) groups is 1. The number of nitrogens with zero attached hydrogens (tertiary/aromatic N) is 2. The van der Waals surface area contributed by atoms with E-state index in [1.165, 1.54) is 19.1 Å². The maximum Gasteiger partial charge on any atom is 0.285 e. The Balaban J connectivity index is 2.46. The summed E-state index contributed by atoms with van der Waals surface area (Å²) in [5, 5.41) is 9.29. The van der Waals surface area contributed by atoms with Gasteiger partial charge in [-0.1, -0.05) is 0 Å². The number of rotatable bonds is 7. The van der Waals surface area contributed by atoms with Crippen LogP contribution in [0.5, 0.6) is 0 Å². The van der Waals surface area contributed by atoms with Crippen molar-refractivity contribution < 1.29 is 24.1 Å². The van der Waals surface area contributed by atoms with Gasteiger partial charge < -0.3 is 24.2 Å². The molecule has 0 aromatic heterocycles. The van der Waals surface area contributed by atoms with E-state index >= 15 is 0 Å². The van der Waals surface area contributed by atoms with Crippen LogP contribution in [-0.4, -0.2) is 93.9 Å². The van der Waals surface area contributed by atoms with E-state index in [0.717, 1.165) is 32.8 Å². The molecule has 0 radical (unpaired) electrons. The summed E-state index contributed by atoms with van der Waals surface area (Å²) < 4.78 is 15.3. The van der Waals surface area contributed by atoms with E-state index in [0.29, 0.717) is 6.54 Å². The third-order valence-corrected chi connectivity index (χ3v) is 3.40. The normalized spacial score (nSPS) is 17.5. The zero-order chi connectivity index (χ0) is 14.3. The molecule has 1 aliphatic rings. The van der Waals surface area contributed by atoms with Gasteiger partial charge in [0.05, 0.1) is 13.2 Å². The molecule has 1 amide bonds. The topological polar surface area (TPSA) is 71.5 Å². The number of amides is 1. The van der Waals surface area contributed by atoms with Crippen molar-refractivity contribution in [3.8, 4) is 0 Å². The van der Waals surface area contributed by atoms with Crippen LogP contribution in [0.2, 0.25) is 0 Å². The first-order chi connectivity index (χ1) is 9.09. The molecule has 112 valence electrons. The fourth-order valence-corrected chi connectivity index (χ4v) is 1.96. The maximum absolute atomic E-state index is 12.2. The summed E-state index contributed by atoms with van der Waals surface area (Å²) in [7, 11) is 4.35.